The van der Waals surface area contributed by atoms with Crippen molar-refractivity contribution in [1.29, 1.82) is 0 Å². The molecule has 0 aromatic rings. The Hall–Kier alpha value is -0.830. The van der Waals surface area contributed by atoms with Gasteiger partial charge in [0.05, 0.1) is 0 Å². The lowest BCUT2D eigenvalue weighted by atomic mass is 10.1. The summed E-state index contributed by atoms with van der Waals surface area (Å²) in [6.45, 7) is 3.30. The van der Waals surface area contributed by atoms with Crippen LogP contribution < -0.4 is 11.1 Å². The molecule has 3 N–H and O–H groups in total. The molecule has 0 unspecified atom stereocenters. The Labute approximate surface area is 86.8 Å². The summed E-state index contributed by atoms with van der Waals surface area (Å²) >= 11 is 0. The minimum absolute atomic E-state index is 0.141. The predicted molar refractivity (Wildman–Crippen MR) is 60.0 cm³/mol. The van der Waals surface area contributed by atoms with Crippen molar-refractivity contribution in [2.45, 2.75) is 39.0 Å². The molecule has 0 rings (SSSR count). The van der Waals surface area contributed by atoms with Gasteiger partial charge in [-0.1, -0.05) is 38.3 Å². The van der Waals surface area contributed by atoms with E-state index in [1.807, 2.05) is 12.2 Å². The second kappa shape index (κ2) is 10.3. The average Bonchev–Trinajstić information content (AvgIpc) is 2.19. The number of hydrogen-bond donors (Lipinski definition) is 2. The number of carbonyl (C=O) groups excluding carboxylic acids is 1. The van der Waals surface area contributed by atoms with Gasteiger partial charge in [0, 0.05) is 19.5 Å². The standard InChI is InChI=1S/C11H22N2O/c1-2-3-4-5-8-11(14)13-10-7-6-9-12/h6-7H,2-5,8-10,12H2,1H3,(H,13,14)/b7-6+. The minimum Gasteiger partial charge on any atom is -0.353 e. The van der Waals surface area contributed by atoms with E-state index < -0.39 is 0 Å². The molecule has 0 aliphatic heterocycles. The fourth-order valence-electron chi connectivity index (χ4n) is 1.15. The van der Waals surface area contributed by atoms with Crippen LogP contribution in [0.4, 0.5) is 0 Å². The van der Waals surface area contributed by atoms with Crippen LogP contribution >= 0.6 is 0 Å². The fraction of sp³-hybridized carbons (Fsp3) is 0.727. The number of hydrogen-bond acceptors (Lipinski definition) is 2. The first kappa shape index (κ1) is 13.2. The Kier molecular flexibility index (Phi) is 9.64. The van der Waals surface area contributed by atoms with Crippen LogP contribution in [0, 0.1) is 0 Å². The number of nitrogens with one attached hydrogen (secondary N) is 1. The number of unbranched alkanes of at least 4 members (excludes halogenated alkanes) is 3. The van der Waals surface area contributed by atoms with Crippen LogP contribution in [0.25, 0.3) is 0 Å². The maximum atomic E-state index is 11.2. The second-order valence-corrected chi connectivity index (χ2v) is 3.32. The van der Waals surface area contributed by atoms with Crippen molar-refractivity contribution < 1.29 is 4.79 Å². The molecule has 14 heavy (non-hydrogen) atoms. The highest BCUT2D eigenvalue weighted by Gasteiger charge is 1.97. The van der Waals surface area contributed by atoms with Crippen LogP contribution in [-0.2, 0) is 4.79 Å². The molecular formula is C11H22N2O. The average molecular weight is 198 g/mol. The Bertz CT molecular complexity index is 167. The number of rotatable bonds is 8. The maximum absolute atomic E-state index is 11.2. The molecule has 0 saturated carbocycles. The molecule has 3 heteroatoms. The van der Waals surface area contributed by atoms with Crippen molar-refractivity contribution in [3.8, 4) is 0 Å². The largest absolute Gasteiger partial charge is 0.353 e. The monoisotopic (exact) mass is 198 g/mol. The normalized spacial score (nSPS) is 10.7. The van der Waals surface area contributed by atoms with E-state index in [0.717, 1.165) is 12.8 Å². The van der Waals surface area contributed by atoms with Crippen molar-refractivity contribution in [2.75, 3.05) is 13.1 Å². The van der Waals surface area contributed by atoms with E-state index in [4.69, 9.17) is 5.73 Å². The highest BCUT2D eigenvalue weighted by molar-refractivity contribution is 5.75. The maximum Gasteiger partial charge on any atom is 0.220 e. The van der Waals surface area contributed by atoms with Gasteiger partial charge in [0.1, 0.15) is 0 Å². The Morgan fingerprint density at radius 3 is 2.71 bits per heavy atom. The van der Waals surface area contributed by atoms with Gasteiger partial charge in [-0.05, 0) is 6.42 Å². The lowest BCUT2D eigenvalue weighted by Gasteiger charge is -2.01. The van der Waals surface area contributed by atoms with E-state index in [0.29, 0.717) is 19.5 Å². The summed E-state index contributed by atoms with van der Waals surface area (Å²) in [5.74, 6) is 0.141. The molecule has 0 aromatic carbocycles. The van der Waals surface area contributed by atoms with Gasteiger partial charge in [0.15, 0.2) is 0 Å². The molecule has 0 atom stereocenters. The molecule has 0 aliphatic carbocycles. The van der Waals surface area contributed by atoms with E-state index in [1.54, 1.807) is 0 Å². The number of carbonyl (C=O) groups is 1. The van der Waals surface area contributed by atoms with Crippen LogP contribution in [0.3, 0.4) is 0 Å². The van der Waals surface area contributed by atoms with Crippen LogP contribution in [0.1, 0.15) is 39.0 Å². The fourth-order valence-corrected chi connectivity index (χ4v) is 1.15. The van der Waals surface area contributed by atoms with E-state index in [9.17, 15) is 4.79 Å². The summed E-state index contributed by atoms with van der Waals surface area (Å²) in [7, 11) is 0. The molecular weight excluding hydrogens is 176 g/mol. The van der Waals surface area contributed by atoms with Crippen molar-refractivity contribution in [3.05, 3.63) is 12.2 Å². The van der Waals surface area contributed by atoms with Gasteiger partial charge in [0.25, 0.3) is 0 Å². The first-order valence-electron chi connectivity index (χ1n) is 5.43. The van der Waals surface area contributed by atoms with Gasteiger partial charge in [-0.25, -0.2) is 0 Å². The Morgan fingerprint density at radius 1 is 1.29 bits per heavy atom. The zero-order chi connectivity index (χ0) is 10.6. The molecule has 0 aliphatic rings. The summed E-state index contributed by atoms with van der Waals surface area (Å²) in [5, 5.41) is 2.81. The third-order valence-electron chi connectivity index (χ3n) is 1.98. The molecule has 0 saturated heterocycles. The van der Waals surface area contributed by atoms with Gasteiger partial charge in [-0.2, -0.15) is 0 Å². The molecule has 1 amide bonds. The van der Waals surface area contributed by atoms with Crippen LogP contribution in [0.15, 0.2) is 12.2 Å². The SMILES string of the molecule is CCCCCCC(=O)NC/C=C/CN. The highest BCUT2D eigenvalue weighted by Crippen LogP contribution is 2.01. The highest BCUT2D eigenvalue weighted by atomic mass is 16.1. The van der Waals surface area contributed by atoms with E-state index in [-0.39, 0.29) is 5.91 Å². The number of nitrogens with two attached hydrogens (primary N) is 1. The van der Waals surface area contributed by atoms with Gasteiger partial charge in [-0.3, -0.25) is 4.79 Å². The molecule has 82 valence electrons. The van der Waals surface area contributed by atoms with Crippen molar-refractivity contribution in [1.82, 2.24) is 5.32 Å². The topological polar surface area (TPSA) is 55.1 Å². The van der Waals surface area contributed by atoms with Crippen molar-refractivity contribution in [3.63, 3.8) is 0 Å². The number of amides is 1. The third-order valence-corrected chi connectivity index (χ3v) is 1.98. The zero-order valence-corrected chi connectivity index (χ0v) is 9.09. The Morgan fingerprint density at radius 2 is 2.07 bits per heavy atom. The first-order valence-corrected chi connectivity index (χ1v) is 5.43. The third kappa shape index (κ3) is 9.26. The van der Waals surface area contributed by atoms with Crippen LogP contribution in [0.2, 0.25) is 0 Å². The van der Waals surface area contributed by atoms with E-state index in [2.05, 4.69) is 12.2 Å². The summed E-state index contributed by atoms with van der Waals surface area (Å²) < 4.78 is 0. The van der Waals surface area contributed by atoms with E-state index >= 15 is 0 Å². The molecule has 0 aromatic heterocycles. The van der Waals surface area contributed by atoms with Crippen LogP contribution in [-0.4, -0.2) is 19.0 Å². The first-order chi connectivity index (χ1) is 6.81. The minimum atomic E-state index is 0.141. The summed E-state index contributed by atoms with van der Waals surface area (Å²) in [6, 6.07) is 0. The van der Waals surface area contributed by atoms with Crippen molar-refractivity contribution in [2.24, 2.45) is 5.73 Å². The lowest BCUT2D eigenvalue weighted by Crippen LogP contribution is -2.22. The van der Waals surface area contributed by atoms with Crippen LogP contribution in [0.5, 0.6) is 0 Å². The molecule has 0 bridgehead atoms. The molecule has 0 radical (unpaired) electrons. The smallest absolute Gasteiger partial charge is 0.220 e. The van der Waals surface area contributed by atoms with Gasteiger partial charge >= 0.3 is 0 Å². The summed E-state index contributed by atoms with van der Waals surface area (Å²) in [6.07, 6.45) is 8.96. The molecule has 0 heterocycles. The molecule has 0 fully saturated rings. The van der Waals surface area contributed by atoms with E-state index in [1.165, 1.54) is 12.8 Å². The predicted octanol–water partition coefficient (Wildman–Crippen LogP) is 1.59. The van der Waals surface area contributed by atoms with Crippen molar-refractivity contribution >= 4 is 5.91 Å². The second-order valence-electron chi connectivity index (χ2n) is 3.32. The Balaban J connectivity index is 3.24. The summed E-state index contributed by atoms with van der Waals surface area (Å²) in [4.78, 5) is 11.2. The zero-order valence-electron chi connectivity index (χ0n) is 9.09. The van der Waals surface area contributed by atoms with Gasteiger partial charge in [0.2, 0.25) is 5.91 Å². The molecule has 0 spiro atoms. The quantitative estimate of drug-likeness (QED) is 0.459. The lowest BCUT2D eigenvalue weighted by molar-refractivity contribution is -0.121. The summed E-state index contributed by atoms with van der Waals surface area (Å²) in [5.41, 5.74) is 5.26. The van der Waals surface area contributed by atoms with Gasteiger partial charge < -0.3 is 11.1 Å². The molecule has 3 nitrogen and oxygen atoms in total. The van der Waals surface area contributed by atoms with Gasteiger partial charge in [-0.15, -0.1) is 0 Å².